The number of ether oxygens (including phenoxy) is 1. The van der Waals surface area contributed by atoms with Crippen LogP contribution in [0, 0.1) is 10.1 Å². The minimum absolute atomic E-state index is 0.0523. The molecule has 2 atom stereocenters. The Labute approximate surface area is 147 Å². The van der Waals surface area contributed by atoms with Gasteiger partial charge in [-0.1, -0.05) is 18.2 Å². The first-order chi connectivity index (χ1) is 12.4. The van der Waals surface area contributed by atoms with Crippen molar-refractivity contribution in [3.63, 3.8) is 0 Å². The van der Waals surface area contributed by atoms with E-state index >= 15 is 0 Å². The van der Waals surface area contributed by atoms with Crippen molar-refractivity contribution in [2.75, 3.05) is 0 Å². The Morgan fingerprint density at radius 3 is 2.50 bits per heavy atom. The number of carbonyl (C=O) groups excluding carboxylic acids is 2. The van der Waals surface area contributed by atoms with E-state index in [1.807, 2.05) is 0 Å². The number of cyclic esters (lactones) is 1. The number of nitrogens with one attached hydrogen (secondary N) is 1. The number of carbonyl (C=O) groups is 2. The fourth-order valence-corrected chi connectivity index (χ4v) is 2.60. The van der Waals surface area contributed by atoms with Crippen LogP contribution in [0.1, 0.15) is 15.9 Å². The topological polar surface area (TPSA) is 139 Å². The number of esters is 1. The zero-order chi connectivity index (χ0) is 18.8. The number of nitrogens with zero attached hydrogens (tertiary/aromatic N) is 1. The Morgan fingerprint density at radius 2 is 1.88 bits per heavy atom. The van der Waals surface area contributed by atoms with Gasteiger partial charge in [0.1, 0.15) is 6.10 Å². The lowest BCUT2D eigenvalue weighted by atomic mass is 9.97. The lowest BCUT2D eigenvalue weighted by Gasteiger charge is -2.35. The first kappa shape index (κ1) is 17.2. The number of nitro benzene ring substituents is 1. The molecule has 2 aromatic carbocycles. The standard InChI is InChI=1S/C17H14N2O7/c20-12-3-1-2-11(15(12)21)16(22)18-14-13(26-17(14)23)8-9-4-6-10(7-5-9)19(24)25/h1-7,13-14,20-21H,8H2,(H,18,22). The minimum atomic E-state index is -0.917. The van der Waals surface area contributed by atoms with Gasteiger partial charge >= 0.3 is 5.97 Å². The minimum Gasteiger partial charge on any atom is -0.504 e. The van der Waals surface area contributed by atoms with Crippen LogP contribution in [0.15, 0.2) is 42.5 Å². The summed E-state index contributed by atoms with van der Waals surface area (Å²) in [7, 11) is 0. The number of nitro groups is 1. The third kappa shape index (κ3) is 3.27. The van der Waals surface area contributed by atoms with Crippen molar-refractivity contribution in [1.82, 2.24) is 5.32 Å². The van der Waals surface area contributed by atoms with Crippen molar-refractivity contribution in [1.29, 1.82) is 0 Å². The molecule has 3 N–H and O–H groups in total. The molecular formula is C17H14N2O7. The number of benzene rings is 2. The number of phenols is 2. The molecule has 3 rings (SSSR count). The highest BCUT2D eigenvalue weighted by atomic mass is 16.6. The van der Waals surface area contributed by atoms with Crippen LogP contribution in [0.25, 0.3) is 0 Å². The predicted octanol–water partition coefficient (Wildman–Crippen LogP) is 1.27. The Morgan fingerprint density at radius 1 is 1.19 bits per heavy atom. The lowest BCUT2D eigenvalue weighted by Crippen LogP contribution is -2.60. The van der Waals surface area contributed by atoms with Gasteiger partial charge in [0.25, 0.3) is 11.6 Å². The number of para-hydroxylation sites is 1. The Balaban J connectivity index is 1.67. The molecule has 0 aromatic heterocycles. The third-order valence-electron chi connectivity index (χ3n) is 4.02. The smallest absolute Gasteiger partial charge is 0.332 e. The first-order valence-corrected chi connectivity index (χ1v) is 7.62. The summed E-state index contributed by atoms with van der Waals surface area (Å²) < 4.78 is 5.02. The van der Waals surface area contributed by atoms with E-state index in [4.69, 9.17) is 4.74 Å². The normalized spacial score (nSPS) is 18.5. The summed E-state index contributed by atoms with van der Waals surface area (Å²) in [6.45, 7) is 0. The Hall–Kier alpha value is -3.62. The molecule has 0 saturated carbocycles. The molecule has 0 spiro atoms. The highest BCUT2D eigenvalue weighted by Gasteiger charge is 2.43. The maximum Gasteiger partial charge on any atom is 0.332 e. The van der Waals surface area contributed by atoms with Crippen molar-refractivity contribution in [3.05, 3.63) is 63.7 Å². The fourth-order valence-electron chi connectivity index (χ4n) is 2.60. The molecule has 134 valence electrons. The molecule has 1 aliphatic rings. The van der Waals surface area contributed by atoms with E-state index in [0.29, 0.717) is 5.56 Å². The van der Waals surface area contributed by atoms with Crippen LogP contribution in [0.5, 0.6) is 11.5 Å². The van der Waals surface area contributed by atoms with Crippen LogP contribution < -0.4 is 5.32 Å². The van der Waals surface area contributed by atoms with Gasteiger partial charge in [-0.2, -0.15) is 0 Å². The largest absolute Gasteiger partial charge is 0.504 e. The molecule has 9 heteroatoms. The molecule has 1 heterocycles. The SMILES string of the molecule is O=C(NC1C(=O)OC1Cc1ccc([N+](=O)[O-])cc1)c1cccc(O)c1O. The zero-order valence-electron chi connectivity index (χ0n) is 13.3. The molecule has 0 aliphatic carbocycles. The van der Waals surface area contributed by atoms with Gasteiger partial charge in [-0.05, 0) is 17.7 Å². The average Bonchev–Trinajstić information content (AvgIpc) is 2.62. The molecule has 2 unspecified atom stereocenters. The van der Waals surface area contributed by atoms with Crippen molar-refractivity contribution in [2.45, 2.75) is 18.6 Å². The molecule has 2 aromatic rings. The summed E-state index contributed by atoms with van der Waals surface area (Å²) >= 11 is 0. The van der Waals surface area contributed by atoms with Gasteiger partial charge in [0.05, 0.1) is 10.5 Å². The second kappa shape index (κ2) is 6.71. The van der Waals surface area contributed by atoms with Gasteiger partial charge in [-0.15, -0.1) is 0 Å². The van der Waals surface area contributed by atoms with Gasteiger partial charge in [0.2, 0.25) is 0 Å². The van der Waals surface area contributed by atoms with E-state index in [2.05, 4.69) is 5.32 Å². The van der Waals surface area contributed by atoms with Crippen molar-refractivity contribution >= 4 is 17.6 Å². The molecule has 0 radical (unpaired) electrons. The van der Waals surface area contributed by atoms with Crippen LogP contribution in [-0.2, 0) is 16.0 Å². The second-order valence-corrected chi connectivity index (χ2v) is 5.73. The first-order valence-electron chi connectivity index (χ1n) is 7.62. The van der Waals surface area contributed by atoms with E-state index in [9.17, 15) is 29.9 Å². The molecular weight excluding hydrogens is 344 g/mol. The van der Waals surface area contributed by atoms with Gasteiger partial charge < -0.3 is 20.3 Å². The third-order valence-corrected chi connectivity index (χ3v) is 4.02. The van der Waals surface area contributed by atoms with Crippen LogP contribution in [0.3, 0.4) is 0 Å². The van der Waals surface area contributed by atoms with E-state index in [1.54, 1.807) is 12.1 Å². The Bertz CT molecular complexity index is 879. The average molecular weight is 358 g/mol. The molecule has 26 heavy (non-hydrogen) atoms. The van der Waals surface area contributed by atoms with Crippen LogP contribution >= 0.6 is 0 Å². The number of hydrogen-bond acceptors (Lipinski definition) is 7. The van der Waals surface area contributed by atoms with E-state index < -0.39 is 40.4 Å². The lowest BCUT2D eigenvalue weighted by molar-refractivity contribution is -0.384. The van der Waals surface area contributed by atoms with Crippen molar-refractivity contribution in [3.8, 4) is 11.5 Å². The number of non-ortho nitro benzene ring substituents is 1. The highest BCUT2D eigenvalue weighted by molar-refractivity contribution is 6.00. The molecule has 1 fully saturated rings. The van der Waals surface area contributed by atoms with Crippen molar-refractivity contribution in [2.24, 2.45) is 0 Å². The van der Waals surface area contributed by atoms with Crippen LogP contribution in [0.2, 0.25) is 0 Å². The monoisotopic (exact) mass is 358 g/mol. The number of hydrogen-bond donors (Lipinski definition) is 3. The molecule has 1 saturated heterocycles. The number of phenolic OH excluding ortho intramolecular Hbond substituents is 2. The zero-order valence-corrected chi connectivity index (χ0v) is 13.3. The molecule has 1 amide bonds. The number of aromatic hydroxyl groups is 2. The summed E-state index contributed by atoms with van der Waals surface area (Å²) in [6, 6.07) is 8.77. The maximum absolute atomic E-state index is 12.2. The summed E-state index contributed by atoms with van der Waals surface area (Å²) in [5, 5.41) is 32.3. The molecule has 1 aliphatic heterocycles. The fraction of sp³-hybridized carbons (Fsp3) is 0.176. The highest BCUT2D eigenvalue weighted by Crippen LogP contribution is 2.29. The number of rotatable bonds is 5. The van der Waals surface area contributed by atoms with Gasteiger partial charge in [-0.3, -0.25) is 14.9 Å². The van der Waals surface area contributed by atoms with Crippen LogP contribution in [-0.4, -0.2) is 39.2 Å². The van der Waals surface area contributed by atoms with Gasteiger partial charge in [0, 0.05) is 18.6 Å². The quantitative estimate of drug-likeness (QED) is 0.316. The predicted molar refractivity (Wildman–Crippen MR) is 87.7 cm³/mol. The van der Waals surface area contributed by atoms with Crippen LogP contribution in [0.4, 0.5) is 5.69 Å². The second-order valence-electron chi connectivity index (χ2n) is 5.73. The molecule has 9 nitrogen and oxygen atoms in total. The molecule has 0 bridgehead atoms. The van der Waals surface area contributed by atoms with Crippen molar-refractivity contribution < 1.29 is 29.5 Å². The summed E-state index contributed by atoms with van der Waals surface area (Å²) in [4.78, 5) is 34.0. The van der Waals surface area contributed by atoms with Gasteiger partial charge in [-0.25, -0.2) is 4.79 Å². The number of amides is 1. The maximum atomic E-state index is 12.2. The van der Waals surface area contributed by atoms with E-state index in [-0.39, 0.29) is 17.7 Å². The summed E-state index contributed by atoms with van der Waals surface area (Å²) in [5.74, 6) is -2.38. The summed E-state index contributed by atoms with van der Waals surface area (Å²) in [6.07, 6.45) is -0.367. The van der Waals surface area contributed by atoms with Gasteiger partial charge in [0.15, 0.2) is 17.5 Å². The van der Waals surface area contributed by atoms with E-state index in [0.717, 1.165) is 0 Å². The Kier molecular flexibility index (Phi) is 4.44. The summed E-state index contributed by atoms with van der Waals surface area (Å²) in [5.41, 5.74) is 0.481. The van der Waals surface area contributed by atoms with E-state index in [1.165, 1.54) is 30.3 Å².